The minimum atomic E-state index is -0.914. The van der Waals surface area contributed by atoms with Crippen molar-refractivity contribution in [2.75, 3.05) is 0 Å². The Bertz CT molecular complexity index is 829. The number of carbonyl (C=O) groups excluding carboxylic acids is 2. The van der Waals surface area contributed by atoms with E-state index in [-0.39, 0.29) is 11.1 Å². The maximum Gasteiger partial charge on any atom is 0.296 e. The number of hydrogen-bond donors (Lipinski definition) is 2. The van der Waals surface area contributed by atoms with Crippen LogP contribution in [0.3, 0.4) is 0 Å². The molecule has 1 aromatic heterocycles. The molecule has 0 unspecified atom stereocenters. The van der Waals surface area contributed by atoms with E-state index in [9.17, 15) is 14.0 Å². The Morgan fingerprint density at radius 3 is 2.43 bits per heavy atom. The van der Waals surface area contributed by atoms with Crippen LogP contribution in [0, 0.1) is 11.2 Å². The lowest BCUT2D eigenvalue weighted by atomic mass is 9.81. The number of hydrogen-bond acceptors (Lipinski definition) is 3. The molecular weight excluding hydrogens is 297 g/mol. The third-order valence-electron chi connectivity index (χ3n) is 3.81. The minimum Gasteiger partial charge on any atom is -0.286 e. The van der Waals surface area contributed by atoms with Crippen LogP contribution in [0.4, 0.5) is 4.39 Å². The van der Waals surface area contributed by atoms with Gasteiger partial charge in [0, 0.05) is 17.7 Å². The predicted octanol–water partition coefficient (Wildman–Crippen LogP) is 1.27. The number of rotatable bonds is 2. The van der Waals surface area contributed by atoms with Gasteiger partial charge < -0.3 is 0 Å². The number of carbonyl (C=O) groups is 2. The van der Waals surface area contributed by atoms with Gasteiger partial charge in [-0.3, -0.25) is 20.3 Å². The van der Waals surface area contributed by atoms with Crippen molar-refractivity contribution in [3.63, 3.8) is 0 Å². The summed E-state index contributed by atoms with van der Waals surface area (Å²) in [6, 6.07) is 10.3. The molecule has 1 fully saturated rings. The van der Waals surface area contributed by atoms with E-state index in [1.807, 2.05) is 0 Å². The molecule has 1 aliphatic rings. The van der Waals surface area contributed by atoms with Crippen molar-refractivity contribution in [3.8, 4) is 0 Å². The number of aromatic nitrogens is 1. The first-order chi connectivity index (χ1) is 11.1. The third kappa shape index (κ3) is 2.56. The van der Waals surface area contributed by atoms with E-state index in [1.165, 1.54) is 18.2 Å². The Hall–Kier alpha value is -3.11. The lowest BCUT2D eigenvalue weighted by Crippen LogP contribution is -2.57. The molecule has 5 nitrogen and oxygen atoms in total. The van der Waals surface area contributed by atoms with Crippen LogP contribution >= 0.6 is 0 Å². The maximum absolute atomic E-state index is 14.3. The van der Waals surface area contributed by atoms with E-state index in [1.54, 1.807) is 41.2 Å². The normalized spacial score (nSPS) is 20.8. The zero-order valence-electron chi connectivity index (χ0n) is 12.0. The third-order valence-corrected chi connectivity index (χ3v) is 3.81. The Kier molecular flexibility index (Phi) is 3.83. The summed E-state index contributed by atoms with van der Waals surface area (Å²) in [5.41, 5.74) is 0.114. The zero-order valence-corrected chi connectivity index (χ0v) is 12.0. The summed E-state index contributed by atoms with van der Waals surface area (Å²) in [5.74, 6) is -0.635. The van der Waals surface area contributed by atoms with E-state index in [2.05, 4.69) is 11.2 Å². The SMILES string of the molecule is N=C=C1C(=O)NC(=O)[C@@H]([n+]2ccccc2)[C@@H]1c1ccccc1F. The molecule has 0 aliphatic carbocycles. The summed E-state index contributed by atoms with van der Waals surface area (Å²) in [5, 5.41) is 9.61. The quantitative estimate of drug-likeness (QED) is 0.379. The smallest absolute Gasteiger partial charge is 0.286 e. The number of piperidine rings is 1. The summed E-state index contributed by atoms with van der Waals surface area (Å²) in [7, 11) is 0. The van der Waals surface area contributed by atoms with Gasteiger partial charge in [0.05, 0.1) is 11.5 Å². The Labute approximate surface area is 131 Å². The van der Waals surface area contributed by atoms with E-state index >= 15 is 0 Å². The van der Waals surface area contributed by atoms with Crippen LogP contribution in [0.15, 0.2) is 60.4 Å². The van der Waals surface area contributed by atoms with Crippen LogP contribution in [0.5, 0.6) is 0 Å². The zero-order chi connectivity index (χ0) is 16.4. The topological polar surface area (TPSA) is 73.9 Å². The second-order valence-corrected chi connectivity index (χ2v) is 5.12. The first-order valence-corrected chi connectivity index (χ1v) is 6.98. The molecule has 1 aromatic carbocycles. The highest BCUT2D eigenvalue weighted by Crippen LogP contribution is 2.35. The lowest BCUT2D eigenvalue weighted by Gasteiger charge is -2.27. The van der Waals surface area contributed by atoms with Gasteiger partial charge in [0.15, 0.2) is 12.4 Å². The van der Waals surface area contributed by atoms with Gasteiger partial charge in [-0.05, 0) is 11.9 Å². The number of nitrogens with zero attached hydrogens (tertiary/aromatic N) is 1. The van der Waals surface area contributed by atoms with Crippen molar-refractivity contribution in [3.05, 3.63) is 71.8 Å². The minimum absolute atomic E-state index is 0.0731. The van der Waals surface area contributed by atoms with Crippen molar-refractivity contribution in [1.82, 2.24) is 5.32 Å². The fourth-order valence-corrected chi connectivity index (χ4v) is 2.80. The molecule has 0 spiro atoms. The molecule has 2 N–H and O–H groups in total. The van der Waals surface area contributed by atoms with Gasteiger partial charge in [0.2, 0.25) is 6.04 Å². The molecule has 0 radical (unpaired) electrons. The molecular formula is C17H13FN3O2+. The summed E-state index contributed by atoms with van der Waals surface area (Å²) in [4.78, 5) is 24.4. The van der Waals surface area contributed by atoms with Gasteiger partial charge >= 0.3 is 0 Å². The lowest BCUT2D eigenvalue weighted by molar-refractivity contribution is -0.711. The fraction of sp³-hybridized carbons (Fsp3) is 0.118. The second-order valence-electron chi connectivity index (χ2n) is 5.12. The predicted molar refractivity (Wildman–Crippen MR) is 79.2 cm³/mol. The first kappa shape index (κ1) is 14.8. The van der Waals surface area contributed by atoms with Crippen molar-refractivity contribution in [2.45, 2.75) is 12.0 Å². The Balaban J connectivity index is 2.22. The molecule has 114 valence electrons. The molecule has 2 aromatic rings. The van der Waals surface area contributed by atoms with Crippen LogP contribution in [0.1, 0.15) is 17.5 Å². The number of amides is 2. The van der Waals surface area contributed by atoms with E-state index in [4.69, 9.17) is 5.41 Å². The van der Waals surface area contributed by atoms with E-state index < -0.39 is 29.6 Å². The van der Waals surface area contributed by atoms with Crippen LogP contribution < -0.4 is 9.88 Å². The summed E-state index contributed by atoms with van der Waals surface area (Å²) in [6.07, 6.45) is 3.32. The summed E-state index contributed by atoms with van der Waals surface area (Å²) in [6.45, 7) is 0. The van der Waals surface area contributed by atoms with Crippen molar-refractivity contribution in [2.24, 2.45) is 0 Å². The monoisotopic (exact) mass is 310 g/mol. The molecule has 2 atom stereocenters. The number of pyridine rings is 1. The Morgan fingerprint density at radius 1 is 1.09 bits per heavy atom. The van der Waals surface area contributed by atoms with Gasteiger partial charge in [-0.1, -0.05) is 24.3 Å². The van der Waals surface area contributed by atoms with Crippen LogP contribution in [-0.2, 0) is 9.59 Å². The molecule has 6 heteroatoms. The van der Waals surface area contributed by atoms with Gasteiger partial charge in [-0.2, -0.15) is 4.57 Å². The summed E-state index contributed by atoms with van der Waals surface area (Å²) >= 11 is 0. The van der Waals surface area contributed by atoms with Crippen molar-refractivity contribution in [1.29, 1.82) is 5.41 Å². The first-order valence-electron chi connectivity index (χ1n) is 6.98. The van der Waals surface area contributed by atoms with Gasteiger partial charge in [0.1, 0.15) is 5.82 Å². The molecule has 23 heavy (non-hydrogen) atoms. The fourth-order valence-electron chi connectivity index (χ4n) is 2.80. The molecule has 2 amide bonds. The van der Waals surface area contributed by atoms with Crippen LogP contribution in [0.25, 0.3) is 0 Å². The van der Waals surface area contributed by atoms with Crippen LogP contribution in [-0.4, -0.2) is 17.7 Å². The average Bonchev–Trinajstić information content (AvgIpc) is 2.55. The standard InChI is InChI=1S/C17H12FN3O2/c18-13-7-3-2-6-11(13)14-12(10-19)16(22)20-17(23)15(14)21-8-4-1-5-9-21/h1-9,14-15,19H/p+1/t14-,15+/m1/s1. The highest BCUT2D eigenvalue weighted by atomic mass is 19.1. The molecule has 3 rings (SSSR count). The molecule has 2 heterocycles. The van der Waals surface area contributed by atoms with Crippen LogP contribution in [0.2, 0.25) is 0 Å². The van der Waals surface area contributed by atoms with Gasteiger partial charge in [-0.25, -0.2) is 4.39 Å². The highest BCUT2D eigenvalue weighted by molar-refractivity contribution is 6.13. The van der Waals surface area contributed by atoms with E-state index in [0.29, 0.717) is 0 Å². The van der Waals surface area contributed by atoms with Crippen molar-refractivity contribution >= 4 is 17.7 Å². The molecule has 1 aliphatic heterocycles. The number of imide groups is 1. The largest absolute Gasteiger partial charge is 0.296 e. The Morgan fingerprint density at radius 2 is 1.78 bits per heavy atom. The number of benzene rings is 1. The number of halogens is 1. The van der Waals surface area contributed by atoms with E-state index in [0.717, 1.165) is 0 Å². The number of nitrogens with one attached hydrogen (secondary N) is 2. The molecule has 1 saturated heterocycles. The van der Waals surface area contributed by atoms with Gasteiger partial charge in [-0.15, -0.1) is 0 Å². The molecule has 0 bridgehead atoms. The van der Waals surface area contributed by atoms with Gasteiger partial charge in [0.25, 0.3) is 11.8 Å². The average molecular weight is 310 g/mol. The highest BCUT2D eigenvalue weighted by Gasteiger charge is 2.48. The second kappa shape index (κ2) is 5.94. The summed E-state index contributed by atoms with van der Waals surface area (Å²) < 4.78 is 15.9. The molecule has 0 saturated carbocycles. The maximum atomic E-state index is 14.3. The van der Waals surface area contributed by atoms with Crippen molar-refractivity contribution < 1.29 is 18.5 Å².